The van der Waals surface area contributed by atoms with Crippen LogP contribution in [0.15, 0.2) is 18.2 Å². The van der Waals surface area contributed by atoms with Crippen molar-refractivity contribution in [3.05, 3.63) is 39.4 Å². The lowest BCUT2D eigenvalue weighted by atomic mass is 10.0. The zero-order chi connectivity index (χ0) is 15.4. The smallest absolute Gasteiger partial charge is 0.272 e. The van der Waals surface area contributed by atoms with Gasteiger partial charge in [0.25, 0.3) is 5.69 Å². The van der Waals surface area contributed by atoms with E-state index in [-0.39, 0.29) is 30.2 Å². The molecule has 1 aromatic rings. The second-order valence-electron chi connectivity index (χ2n) is 5.10. The number of hydrogen-bond donors (Lipinski definition) is 2. The molecular formula is C14H19N3O4. The zero-order valence-electron chi connectivity index (χ0n) is 12.1. The van der Waals surface area contributed by atoms with Crippen LogP contribution >= 0.6 is 0 Å². The minimum atomic E-state index is -0.432. The van der Waals surface area contributed by atoms with E-state index in [1.54, 1.807) is 26.2 Å². The van der Waals surface area contributed by atoms with Gasteiger partial charge in [-0.1, -0.05) is 12.1 Å². The summed E-state index contributed by atoms with van der Waals surface area (Å²) < 4.78 is 5.28. The number of amides is 1. The Morgan fingerprint density at radius 3 is 2.95 bits per heavy atom. The second-order valence-corrected chi connectivity index (χ2v) is 5.10. The van der Waals surface area contributed by atoms with Gasteiger partial charge in [-0.2, -0.15) is 0 Å². The number of methoxy groups -OCH3 is 1. The largest absolute Gasteiger partial charge is 0.378 e. The molecule has 1 fully saturated rings. The molecule has 0 saturated carbocycles. The number of nitrogens with zero attached hydrogens (tertiary/aromatic N) is 1. The number of hydrogen-bond acceptors (Lipinski definition) is 5. The standard InChI is InChI=1S/C14H19N3O4/c1-9-10(4-3-5-12(9)17(19)20)6-14(18)16-11-7-15-8-13(11)21-2/h3-5,11,13,15H,6-8H2,1-2H3,(H,16,18)/t11-,13-/m0/s1. The van der Waals surface area contributed by atoms with Crippen LogP contribution in [0, 0.1) is 17.0 Å². The first kappa shape index (κ1) is 15.4. The number of benzene rings is 1. The monoisotopic (exact) mass is 293 g/mol. The quantitative estimate of drug-likeness (QED) is 0.611. The lowest BCUT2D eigenvalue weighted by Gasteiger charge is -2.18. The molecule has 2 rings (SSSR count). The maximum Gasteiger partial charge on any atom is 0.272 e. The molecule has 7 heteroatoms. The van der Waals surface area contributed by atoms with Crippen molar-refractivity contribution in [3.63, 3.8) is 0 Å². The van der Waals surface area contributed by atoms with Crippen molar-refractivity contribution in [2.45, 2.75) is 25.5 Å². The fraction of sp³-hybridized carbons (Fsp3) is 0.500. The summed E-state index contributed by atoms with van der Waals surface area (Å²) in [5.41, 5.74) is 1.24. The van der Waals surface area contributed by atoms with Gasteiger partial charge in [-0.05, 0) is 12.5 Å². The average Bonchev–Trinajstić information content (AvgIpc) is 2.87. The fourth-order valence-corrected chi connectivity index (χ4v) is 2.54. The molecule has 1 aliphatic rings. The summed E-state index contributed by atoms with van der Waals surface area (Å²) >= 11 is 0. The summed E-state index contributed by atoms with van der Waals surface area (Å²) in [6.45, 7) is 3.03. The maximum absolute atomic E-state index is 12.1. The molecule has 1 aliphatic heterocycles. The van der Waals surface area contributed by atoms with Crippen molar-refractivity contribution in [2.75, 3.05) is 20.2 Å². The van der Waals surface area contributed by atoms with Gasteiger partial charge in [0.05, 0.1) is 23.5 Å². The van der Waals surface area contributed by atoms with E-state index >= 15 is 0 Å². The predicted octanol–water partition coefficient (Wildman–Crippen LogP) is 0.549. The van der Waals surface area contributed by atoms with Crippen molar-refractivity contribution < 1.29 is 14.5 Å². The summed E-state index contributed by atoms with van der Waals surface area (Å²) in [5.74, 6) is -0.158. The summed E-state index contributed by atoms with van der Waals surface area (Å²) in [5, 5.41) is 17.0. The molecule has 1 amide bonds. The van der Waals surface area contributed by atoms with E-state index in [9.17, 15) is 14.9 Å². The van der Waals surface area contributed by atoms with E-state index in [2.05, 4.69) is 10.6 Å². The first-order valence-electron chi connectivity index (χ1n) is 6.78. The van der Waals surface area contributed by atoms with E-state index in [0.717, 1.165) is 0 Å². The third-order valence-corrected chi connectivity index (χ3v) is 3.77. The van der Waals surface area contributed by atoms with Crippen molar-refractivity contribution in [1.29, 1.82) is 0 Å². The lowest BCUT2D eigenvalue weighted by molar-refractivity contribution is -0.385. The maximum atomic E-state index is 12.1. The average molecular weight is 293 g/mol. The summed E-state index contributed by atoms with van der Waals surface area (Å²) in [6, 6.07) is 4.71. The summed E-state index contributed by atoms with van der Waals surface area (Å²) in [4.78, 5) is 22.6. The van der Waals surface area contributed by atoms with Crippen molar-refractivity contribution in [3.8, 4) is 0 Å². The van der Waals surface area contributed by atoms with Crippen LogP contribution in [0.1, 0.15) is 11.1 Å². The van der Waals surface area contributed by atoms with Crippen LogP contribution in [0.5, 0.6) is 0 Å². The van der Waals surface area contributed by atoms with Crippen LogP contribution in [-0.2, 0) is 16.0 Å². The van der Waals surface area contributed by atoms with E-state index < -0.39 is 4.92 Å². The fourth-order valence-electron chi connectivity index (χ4n) is 2.54. The van der Waals surface area contributed by atoms with Crippen LogP contribution in [0.2, 0.25) is 0 Å². The Bertz CT molecular complexity index is 547. The molecule has 0 bridgehead atoms. The third kappa shape index (κ3) is 3.56. The summed E-state index contributed by atoms with van der Waals surface area (Å²) in [6.07, 6.45) is 0.0839. The first-order chi connectivity index (χ1) is 10.0. The Hall–Kier alpha value is -1.99. The van der Waals surface area contributed by atoms with Crippen LogP contribution in [0.3, 0.4) is 0 Å². The van der Waals surface area contributed by atoms with Crippen molar-refractivity contribution in [1.82, 2.24) is 10.6 Å². The molecule has 2 atom stereocenters. The van der Waals surface area contributed by atoms with Gasteiger partial charge in [-0.15, -0.1) is 0 Å². The Morgan fingerprint density at radius 1 is 1.52 bits per heavy atom. The molecule has 1 saturated heterocycles. The number of nitro groups is 1. The third-order valence-electron chi connectivity index (χ3n) is 3.77. The van der Waals surface area contributed by atoms with E-state index in [1.807, 2.05) is 0 Å². The molecule has 21 heavy (non-hydrogen) atoms. The van der Waals surface area contributed by atoms with Gasteiger partial charge in [-0.3, -0.25) is 14.9 Å². The van der Waals surface area contributed by atoms with Gasteiger partial charge in [0.2, 0.25) is 5.91 Å². The van der Waals surface area contributed by atoms with E-state index in [0.29, 0.717) is 24.2 Å². The number of carbonyl (C=O) groups is 1. The molecule has 0 aromatic heterocycles. The van der Waals surface area contributed by atoms with Gasteiger partial charge in [-0.25, -0.2) is 0 Å². The van der Waals surface area contributed by atoms with Gasteiger partial charge in [0.1, 0.15) is 0 Å². The van der Waals surface area contributed by atoms with Crippen LogP contribution < -0.4 is 10.6 Å². The van der Waals surface area contributed by atoms with Crippen molar-refractivity contribution >= 4 is 11.6 Å². The van der Waals surface area contributed by atoms with Crippen molar-refractivity contribution in [2.24, 2.45) is 0 Å². The number of rotatable bonds is 5. The normalized spacial score (nSPS) is 21.2. The van der Waals surface area contributed by atoms with Gasteiger partial charge in [0.15, 0.2) is 0 Å². The molecule has 2 N–H and O–H groups in total. The van der Waals surface area contributed by atoms with Crippen LogP contribution in [0.4, 0.5) is 5.69 Å². The Morgan fingerprint density at radius 2 is 2.29 bits per heavy atom. The highest BCUT2D eigenvalue weighted by Crippen LogP contribution is 2.21. The highest BCUT2D eigenvalue weighted by Gasteiger charge is 2.28. The minimum absolute atomic E-state index is 0.0394. The Kier molecular flexibility index (Phi) is 4.87. The van der Waals surface area contributed by atoms with Crippen LogP contribution in [0.25, 0.3) is 0 Å². The van der Waals surface area contributed by atoms with Gasteiger partial charge in [0, 0.05) is 31.8 Å². The number of nitro benzene ring substituents is 1. The zero-order valence-corrected chi connectivity index (χ0v) is 12.1. The highest BCUT2D eigenvalue weighted by atomic mass is 16.6. The number of carbonyl (C=O) groups excluding carboxylic acids is 1. The highest BCUT2D eigenvalue weighted by molar-refractivity contribution is 5.79. The topological polar surface area (TPSA) is 93.5 Å². The van der Waals surface area contributed by atoms with Gasteiger partial charge >= 0.3 is 0 Å². The van der Waals surface area contributed by atoms with Gasteiger partial charge < -0.3 is 15.4 Å². The number of ether oxygens (including phenoxy) is 1. The molecule has 0 aliphatic carbocycles. The lowest BCUT2D eigenvalue weighted by Crippen LogP contribution is -2.44. The molecule has 0 spiro atoms. The summed E-state index contributed by atoms with van der Waals surface area (Å²) in [7, 11) is 1.61. The van der Waals surface area contributed by atoms with E-state index in [1.165, 1.54) is 6.07 Å². The second kappa shape index (κ2) is 6.64. The minimum Gasteiger partial charge on any atom is -0.378 e. The SMILES string of the molecule is CO[C@H]1CNC[C@@H]1NC(=O)Cc1cccc([N+](=O)[O-])c1C. The van der Waals surface area contributed by atoms with E-state index in [4.69, 9.17) is 4.74 Å². The molecule has 7 nitrogen and oxygen atoms in total. The number of nitrogens with one attached hydrogen (secondary N) is 2. The molecule has 1 aromatic carbocycles. The Labute approximate surface area is 122 Å². The molecule has 1 heterocycles. The molecular weight excluding hydrogens is 274 g/mol. The molecule has 0 radical (unpaired) electrons. The first-order valence-corrected chi connectivity index (χ1v) is 6.78. The Balaban J connectivity index is 2.03. The predicted molar refractivity (Wildman–Crippen MR) is 77.1 cm³/mol. The van der Waals surface area contributed by atoms with Crippen LogP contribution in [-0.4, -0.2) is 43.2 Å². The molecule has 0 unspecified atom stereocenters. The molecule has 114 valence electrons.